The highest BCUT2D eigenvalue weighted by atomic mass is 32.1. The van der Waals surface area contributed by atoms with Crippen molar-refractivity contribution in [3.8, 4) is 11.5 Å². The van der Waals surface area contributed by atoms with Gasteiger partial charge in [0.15, 0.2) is 0 Å². The van der Waals surface area contributed by atoms with E-state index in [1.807, 2.05) is 0 Å². The molecule has 0 saturated carbocycles. The lowest BCUT2D eigenvalue weighted by molar-refractivity contribution is 0.0997. The molecule has 1 aliphatic rings. The summed E-state index contributed by atoms with van der Waals surface area (Å²) in [5.74, 6) is -0.461. The van der Waals surface area contributed by atoms with E-state index in [0.717, 1.165) is 10.4 Å². The number of nitrogens with zero attached hydrogens (tertiary/aromatic N) is 1. The van der Waals surface area contributed by atoms with Crippen LogP contribution in [0.3, 0.4) is 0 Å². The van der Waals surface area contributed by atoms with Crippen LogP contribution in [-0.2, 0) is 17.7 Å². The number of hydrogen-bond donors (Lipinski definition) is 2. The first-order chi connectivity index (χ1) is 14.4. The van der Waals surface area contributed by atoms with Crippen molar-refractivity contribution in [1.29, 1.82) is 0 Å². The number of carbonyl (C=O) groups excluding carboxylic acids is 3. The van der Waals surface area contributed by atoms with Crippen molar-refractivity contribution in [3.05, 3.63) is 39.8 Å². The number of benzene rings is 1. The Balaban J connectivity index is 1.94. The van der Waals surface area contributed by atoms with Crippen molar-refractivity contribution in [2.24, 2.45) is 5.73 Å². The van der Waals surface area contributed by atoms with Crippen LogP contribution in [0.1, 0.15) is 38.1 Å². The van der Waals surface area contributed by atoms with Crippen molar-refractivity contribution in [3.63, 3.8) is 0 Å². The van der Waals surface area contributed by atoms with E-state index in [9.17, 15) is 14.4 Å². The van der Waals surface area contributed by atoms with Gasteiger partial charge in [0.05, 0.1) is 32.9 Å². The summed E-state index contributed by atoms with van der Waals surface area (Å²) in [6.45, 7) is 2.70. The summed E-state index contributed by atoms with van der Waals surface area (Å²) in [6, 6.07) is 4.99. The van der Waals surface area contributed by atoms with Gasteiger partial charge in [-0.2, -0.15) is 0 Å². The normalized spacial score (nSPS) is 12.7. The molecule has 3 rings (SSSR count). The number of hydrogen-bond acceptors (Lipinski definition) is 7. The van der Waals surface area contributed by atoms with Crippen LogP contribution in [0.15, 0.2) is 18.2 Å². The SMILES string of the molecule is CCOC(=O)N1CCc2c(sc(NC(=O)c3c(OC)cccc3OC)c2C(N)=O)C1. The molecule has 0 radical (unpaired) electrons. The number of carbonyl (C=O) groups is 3. The van der Waals surface area contributed by atoms with E-state index in [1.165, 1.54) is 25.6 Å². The molecule has 0 fully saturated rings. The molecule has 0 aliphatic carbocycles. The number of fused-ring (bicyclic) bond motifs is 1. The second-order valence-corrected chi connectivity index (χ2v) is 7.54. The molecule has 3 amide bonds. The number of ether oxygens (including phenoxy) is 3. The van der Waals surface area contributed by atoms with E-state index in [-0.39, 0.29) is 24.3 Å². The molecule has 30 heavy (non-hydrogen) atoms. The molecule has 0 saturated heterocycles. The third-order valence-corrected chi connectivity index (χ3v) is 5.84. The second-order valence-electron chi connectivity index (χ2n) is 6.43. The van der Waals surface area contributed by atoms with E-state index in [4.69, 9.17) is 19.9 Å². The zero-order chi connectivity index (χ0) is 21.8. The maximum absolute atomic E-state index is 13.0. The molecule has 160 valence electrons. The van der Waals surface area contributed by atoms with Gasteiger partial charge in [-0.25, -0.2) is 4.79 Å². The van der Waals surface area contributed by atoms with Crippen LogP contribution in [0.4, 0.5) is 9.80 Å². The molecule has 0 atom stereocenters. The molecule has 9 nitrogen and oxygen atoms in total. The Labute approximate surface area is 177 Å². The molecule has 1 aromatic carbocycles. The van der Waals surface area contributed by atoms with Crippen molar-refractivity contribution in [2.45, 2.75) is 19.9 Å². The van der Waals surface area contributed by atoms with Crippen molar-refractivity contribution < 1.29 is 28.6 Å². The number of amides is 3. The number of primary amides is 1. The van der Waals surface area contributed by atoms with Gasteiger partial charge in [0, 0.05) is 11.4 Å². The minimum atomic E-state index is -0.639. The monoisotopic (exact) mass is 433 g/mol. The fourth-order valence-corrected chi connectivity index (χ4v) is 4.63. The van der Waals surface area contributed by atoms with Gasteiger partial charge in [-0.05, 0) is 31.0 Å². The highest BCUT2D eigenvalue weighted by Gasteiger charge is 2.30. The van der Waals surface area contributed by atoms with Crippen molar-refractivity contribution >= 4 is 34.2 Å². The van der Waals surface area contributed by atoms with E-state index in [0.29, 0.717) is 29.5 Å². The fraction of sp³-hybridized carbons (Fsp3) is 0.350. The van der Waals surface area contributed by atoms with Gasteiger partial charge in [0.25, 0.3) is 11.8 Å². The second kappa shape index (κ2) is 9.04. The maximum Gasteiger partial charge on any atom is 0.410 e. The minimum absolute atomic E-state index is 0.206. The van der Waals surface area contributed by atoms with Crippen molar-refractivity contribution in [2.75, 3.05) is 32.7 Å². The quantitative estimate of drug-likeness (QED) is 0.723. The molecule has 2 aromatic rings. The van der Waals surface area contributed by atoms with Crippen LogP contribution in [0.5, 0.6) is 11.5 Å². The molecule has 1 aromatic heterocycles. The molecule has 0 spiro atoms. The van der Waals surface area contributed by atoms with E-state index in [1.54, 1.807) is 30.0 Å². The van der Waals surface area contributed by atoms with Gasteiger partial charge < -0.3 is 30.2 Å². The number of thiophene rings is 1. The largest absolute Gasteiger partial charge is 0.496 e. The summed E-state index contributed by atoms with van der Waals surface area (Å²) in [4.78, 5) is 39.6. The van der Waals surface area contributed by atoms with Crippen LogP contribution in [0, 0.1) is 0 Å². The van der Waals surface area contributed by atoms with Crippen LogP contribution >= 0.6 is 11.3 Å². The summed E-state index contributed by atoms with van der Waals surface area (Å²) in [5.41, 5.74) is 6.83. The van der Waals surface area contributed by atoms with Crippen LogP contribution < -0.4 is 20.5 Å². The predicted molar refractivity (Wildman–Crippen MR) is 111 cm³/mol. The Bertz CT molecular complexity index is 965. The summed E-state index contributed by atoms with van der Waals surface area (Å²) in [5, 5.41) is 3.10. The Hall–Kier alpha value is -3.27. The number of nitrogens with two attached hydrogens (primary N) is 1. The Morgan fingerprint density at radius 3 is 2.40 bits per heavy atom. The first-order valence-electron chi connectivity index (χ1n) is 9.29. The lowest BCUT2D eigenvalue weighted by atomic mass is 10.0. The summed E-state index contributed by atoms with van der Waals surface area (Å²) < 4.78 is 15.6. The first kappa shape index (κ1) is 21.4. The van der Waals surface area contributed by atoms with Crippen LogP contribution in [0.2, 0.25) is 0 Å². The number of nitrogens with one attached hydrogen (secondary N) is 1. The fourth-order valence-electron chi connectivity index (χ4n) is 3.36. The first-order valence-corrected chi connectivity index (χ1v) is 10.1. The van der Waals surface area contributed by atoms with Crippen LogP contribution in [-0.4, -0.2) is 50.2 Å². The maximum atomic E-state index is 13.0. The van der Waals surface area contributed by atoms with Gasteiger partial charge in [0.2, 0.25) is 0 Å². The summed E-state index contributed by atoms with van der Waals surface area (Å²) >= 11 is 1.22. The van der Waals surface area contributed by atoms with Crippen molar-refractivity contribution in [1.82, 2.24) is 4.90 Å². The van der Waals surface area contributed by atoms with E-state index in [2.05, 4.69) is 5.32 Å². The lowest BCUT2D eigenvalue weighted by Gasteiger charge is -2.26. The molecule has 10 heteroatoms. The smallest absolute Gasteiger partial charge is 0.410 e. The third-order valence-electron chi connectivity index (χ3n) is 4.71. The topological polar surface area (TPSA) is 120 Å². The van der Waals surface area contributed by atoms with Gasteiger partial charge >= 0.3 is 6.09 Å². The third kappa shape index (κ3) is 4.04. The van der Waals surface area contributed by atoms with E-state index >= 15 is 0 Å². The molecule has 0 unspecified atom stereocenters. The number of methoxy groups -OCH3 is 2. The average Bonchev–Trinajstić information content (AvgIpc) is 3.10. The van der Waals surface area contributed by atoms with Gasteiger partial charge in [-0.3, -0.25) is 9.59 Å². The highest BCUT2D eigenvalue weighted by molar-refractivity contribution is 7.17. The average molecular weight is 433 g/mol. The minimum Gasteiger partial charge on any atom is -0.496 e. The summed E-state index contributed by atoms with van der Waals surface area (Å²) in [6.07, 6.45) is 0.0260. The van der Waals surface area contributed by atoms with Gasteiger partial charge in [0.1, 0.15) is 22.1 Å². The van der Waals surface area contributed by atoms with Gasteiger partial charge in [-0.15, -0.1) is 11.3 Å². The standard InChI is InChI=1S/C20H23N3O6S/c1-4-29-20(26)23-9-8-11-14(10-23)30-19(15(11)17(21)24)22-18(25)16-12(27-2)6-5-7-13(16)28-3/h5-7H,4,8-10H2,1-3H3,(H2,21,24)(H,22,25). The Kier molecular flexibility index (Phi) is 6.46. The van der Waals surface area contributed by atoms with Crippen LogP contribution in [0.25, 0.3) is 0 Å². The zero-order valence-electron chi connectivity index (χ0n) is 16.9. The van der Waals surface area contributed by atoms with E-state index < -0.39 is 17.9 Å². The zero-order valence-corrected chi connectivity index (χ0v) is 17.8. The molecular weight excluding hydrogens is 410 g/mol. The lowest BCUT2D eigenvalue weighted by Crippen LogP contribution is -2.36. The highest BCUT2D eigenvalue weighted by Crippen LogP contribution is 2.38. The summed E-state index contributed by atoms with van der Waals surface area (Å²) in [7, 11) is 2.91. The predicted octanol–water partition coefficient (Wildman–Crippen LogP) is 2.63. The Morgan fingerprint density at radius 2 is 1.83 bits per heavy atom. The Morgan fingerprint density at radius 1 is 1.17 bits per heavy atom. The number of rotatable bonds is 6. The molecule has 0 bridgehead atoms. The molecule has 2 heterocycles. The van der Waals surface area contributed by atoms with Gasteiger partial charge in [-0.1, -0.05) is 6.07 Å². The molecular formula is C20H23N3O6S. The number of anilines is 1. The molecule has 3 N–H and O–H groups in total. The molecule has 1 aliphatic heterocycles.